The van der Waals surface area contributed by atoms with Crippen LogP contribution in [0.3, 0.4) is 0 Å². The van der Waals surface area contributed by atoms with E-state index < -0.39 is 0 Å². The maximum absolute atomic E-state index is 13.0. The van der Waals surface area contributed by atoms with Crippen molar-refractivity contribution < 1.29 is 9.53 Å². The molecule has 24 heavy (non-hydrogen) atoms. The Bertz CT molecular complexity index is 548. The number of likely N-dealkylation sites (tertiary alicyclic amines) is 1. The van der Waals surface area contributed by atoms with Gasteiger partial charge in [0.25, 0.3) is 0 Å². The number of piperidine rings is 3. The van der Waals surface area contributed by atoms with E-state index in [1.807, 2.05) is 18.2 Å². The zero-order chi connectivity index (χ0) is 16.4. The van der Waals surface area contributed by atoms with Gasteiger partial charge in [0.05, 0.1) is 5.92 Å². The molecule has 0 saturated carbocycles. The Hall–Kier alpha value is -1.39. The molecule has 1 aromatic rings. The lowest BCUT2D eigenvalue weighted by molar-refractivity contribution is -0.161. The lowest BCUT2D eigenvalue weighted by atomic mass is 9.85. The van der Waals surface area contributed by atoms with Crippen molar-refractivity contribution in [3.05, 3.63) is 35.9 Å². The summed E-state index contributed by atoms with van der Waals surface area (Å²) in [5.74, 6) is 0.397. The van der Waals surface area contributed by atoms with Gasteiger partial charge < -0.3 is 9.64 Å². The summed E-state index contributed by atoms with van der Waals surface area (Å²) in [5.41, 5.74) is 1.09. The van der Waals surface area contributed by atoms with Crippen LogP contribution in [-0.2, 0) is 9.53 Å². The first-order valence-corrected chi connectivity index (χ1v) is 9.50. The van der Waals surface area contributed by atoms with Gasteiger partial charge in [0.2, 0.25) is 0 Å². The third-order valence-electron chi connectivity index (χ3n) is 5.99. The Morgan fingerprint density at radius 3 is 2.42 bits per heavy atom. The number of hydrogen-bond acceptors (Lipinski definition) is 4. The van der Waals surface area contributed by atoms with Gasteiger partial charge in [0.15, 0.2) is 0 Å². The second-order valence-corrected chi connectivity index (χ2v) is 7.58. The summed E-state index contributed by atoms with van der Waals surface area (Å²) in [4.78, 5) is 17.9. The maximum atomic E-state index is 13.0. The van der Waals surface area contributed by atoms with Crippen molar-refractivity contribution in [2.45, 2.75) is 37.7 Å². The molecule has 0 amide bonds. The number of fused-ring (bicyclic) bond motifs is 3. The Labute approximate surface area is 144 Å². The highest BCUT2D eigenvalue weighted by atomic mass is 16.5. The van der Waals surface area contributed by atoms with Crippen molar-refractivity contribution in [1.29, 1.82) is 0 Å². The summed E-state index contributed by atoms with van der Waals surface area (Å²) in [5, 5.41) is 0. The van der Waals surface area contributed by atoms with E-state index in [1.54, 1.807) is 0 Å². The van der Waals surface area contributed by atoms with Crippen molar-refractivity contribution in [3.8, 4) is 0 Å². The monoisotopic (exact) mass is 328 g/mol. The summed E-state index contributed by atoms with van der Waals surface area (Å²) in [6, 6.07) is 10.2. The molecule has 4 fully saturated rings. The van der Waals surface area contributed by atoms with Gasteiger partial charge in [-0.25, -0.2) is 0 Å². The number of ether oxygens (including phenoxy) is 1. The molecule has 4 saturated heterocycles. The quantitative estimate of drug-likeness (QED) is 0.778. The number of rotatable bonds is 5. The van der Waals surface area contributed by atoms with Crippen LogP contribution >= 0.6 is 0 Å². The molecule has 130 valence electrons. The van der Waals surface area contributed by atoms with E-state index in [0.29, 0.717) is 5.92 Å². The number of hydrogen-bond donors (Lipinski definition) is 0. The van der Waals surface area contributed by atoms with E-state index in [0.717, 1.165) is 31.7 Å². The minimum Gasteiger partial charge on any atom is -0.460 e. The Morgan fingerprint density at radius 1 is 1.08 bits per heavy atom. The second kappa shape index (κ2) is 7.24. The molecule has 4 heterocycles. The van der Waals surface area contributed by atoms with Crippen LogP contribution in [0.5, 0.6) is 0 Å². The molecule has 5 rings (SSSR count). The van der Waals surface area contributed by atoms with E-state index in [9.17, 15) is 4.79 Å². The first-order valence-electron chi connectivity index (χ1n) is 9.50. The van der Waals surface area contributed by atoms with E-state index in [1.165, 1.54) is 38.8 Å². The van der Waals surface area contributed by atoms with E-state index in [-0.39, 0.29) is 18.0 Å². The average molecular weight is 328 g/mol. The fourth-order valence-electron chi connectivity index (χ4n) is 4.50. The van der Waals surface area contributed by atoms with Gasteiger partial charge in [0, 0.05) is 13.1 Å². The second-order valence-electron chi connectivity index (χ2n) is 7.58. The predicted octanol–water partition coefficient (Wildman–Crippen LogP) is 2.50. The van der Waals surface area contributed by atoms with Crippen LogP contribution in [0.25, 0.3) is 0 Å². The number of nitrogens with zero attached hydrogens (tertiary/aromatic N) is 2. The molecule has 4 aliphatic heterocycles. The molecule has 1 aromatic carbocycles. The maximum Gasteiger partial charge on any atom is 0.315 e. The summed E-state index contributed by atoms with van der Waals surface area (Å²) in [6.45, 7) is 6.29. The van der Waals surface area contributed by atoms with Gasteiger partial charge in [-0.15, -0.1) is 0 Å². The fraction of sp³-hybridized carbons (Fsp3) is 0.650. The van der Waals surface area contributed by atoms with Gasteiger partial charge in [0.1, 0.15) is 6.10 Å². The number of esters is 1. The smallest absolute Gasteiger partial charge is 0.315 e. The summed E-state index contributed by atoms with van der Waals surface area (Å²) < 4.78 is 6.04. The number of benzene rings is 1. The highest BCUT2D eigenvalue weighted by molar-refractivity contribution is 5.78. The molecule has 2 bridgehead atoms. The standard InChI is InChI=1S/C20H28N2O2/c23-20(24-19-15-22-12-8-17(19)9-13-22)18(14-21-10-4-5-11-21)16-6-2-1-3-7-16/h1-3,6-7,17-19H,4-5,8-15H2/t18?,19-/m0/s1. The number of carbonyl (C=O) groups is 1. The lowest BCUT2D eigenvalue weighted by Crippen LogP contribution is -2.52. The SMILES string of the molecule is O=C(O[C@H]1CN2CCC1CC2)C(CN1CCCC1)c1ccccc1. The fourth-order valence-corrected chi connectivity index (χ4v) is 4.50. The molecular weight excluding hydrogens is 300 g/mol. The molecule has 0 spiro atoms. The summed E-state index contributed by atoms with van der Waals surface area (Å²) >= 11 is 0. The summed E-state index contributed by atoms with van der Waals surface area (Å²) in [7, 11) is 0. The largest absolute Gasteiger partial charge is 0.460 e. The van der Waals surface area contributed by atoms with Crippen molar-refractivity contribution >= 4 is 5.97 Å². The minimum atomic E-state index is -0.153. The van der Waals surface area contributed by atoms with E-state index >= 15 is 0 Å². The van der Waals surface area contributed by atoms with Crippen molar-refractivity contribution in [2.24, 2.45) is 5.92 Å². The van der Waals surface area contributed by atoms with Crippen LogP contribution in [-0.4, -0.2) is 61.1 Å². The Kier molecular flexibility index (Phi) is 4.86. The molecule has 0 N–H and O–H groups in total. The molecule has 4 heteroatoms. The average Bonchev–Trinajstić information content (AvgIpc) is 3.14. The molecule has 4 nitrogen and oxygen atoms in total. The van der Waals surface area contributed by atoms with Crippen LogP contribution in [0.4, 0.5) is 0 Å². The topological polar surface area (TPSA) is 32.8 Å². The van der Waals surface area contributed by atoms with Crippen molar-refractivity contribution in [3.63, 3.8) is 0 Å². The van der Waals surface area contributed by atoms with Crippen LogP contribution < -0.4 is 0 Å². The first-order chi connectivity index (χ1) is 11.8. The van der Waals surface area contributed by atoms with Gasteiger partial charge in [-0.1, -0.05) is 30.3 Å². The normalized spacial score (nSPS) is 31.1. The van der Waals surface area contributed by atoms with Gasteiger partial charge >= 0.3 is 5.97 Å². The minimum absolute atomic E-state index is 0.0214. The Morgan fingerprint density at radius 2 is 1.79 bits per heavy atom. The van der Waals surface area contributed by atoms with Crippen molar-refractivity contribution in [2.75, 3.05) is 39.3 Å². The highest BCUT2D eigenvalue weighted by Gasteiger charge is 2.38. The first kappa shape index (κ1) is 16.1. The van der Waals surface area contributed by atoms with Crippen LogP contribution in [0, 0.1) is 5.92 Å². The Balaban J connectivity index is 1.46. The predicted molar refractivity (Wildman–Crippen MR) is 93.9 cm³/mol. The van der Waals surface area contributed by atoms with Gasteiger partial charge in [-0.2, -0.15) is 0 Å². The lowest BCUT2D eigenvalue weighted by Gasteiger charge is -2.44. The molecule has 0 aromatic heterocycles. The zero-order valence-electron chi connectivity index (χ0n) is 14.4. The summed E-state index contributed by atoms with van der Waals surface area (Å²) in [6.07, 6.45) is 4.96. The third-order valence-corrected chi connectivity index (χ3v) is 5.99. The van der Waals surface area contributed by atoms with Gasteiger partial charge in [-0.05, 0) is 63.3 Å². The molecule has 0 radical (unpaired) electrons. The van der Waals surface area contributed by atoms with Crippen molar-refractivity contribution in [1.82, 2.24) is 9.80 Å². The van der Waals surface area contributed by atoms with Crippen LogP contribution in [0.2, 0.25) is 0 Å². The molecule has 2 atom stereocenters. The van der Waals surface area contributed by atoms with E-state index in [2.05, 4.69) is 21.9 Å². The van der Waals surface area contributed by atoms with Gasteiger partial charge in [-0.3, -0.25) is 9.69 Å². The zero-order valence-corrected chi connectivity index (χ0v) is 14.4. The van der Waals surface area contributed by atoms with Crippen LogP contribution in [0.15, 0.2) is 30.3 Å². The molecule has 4 aliphatic rings. The third kappa shape index (κ3) is 3.50. The molecular formula is C20H28N2O2. The van der Waals surface area contributed by atoms with E-state index in [4.69, 9.17) is 4.74 Å². The molecule has 0 aliphatic carbocycles. The molecule has 1 unspecified atom stereocenters. The van der Waals surface area contributed by atoms with Crippen LogP contribution in [0.1, 0.15) is 37.2 Å². The number of carbonyl (C=O) groups excluding carboxylic acids is 1. The highest BCUT2D eigenvalue weighted by Crippen LogP contribution is 2.31.